The maximum atomic E-state index is 15.2. The molecule has 0 bridgehead atoms. The summed E-state index contributed by atoms with van der Waals surface area (Å²) in [5, 5.41) is 22.2. The van der Waals surface area contributed by atoms with Gasteiger partial charge in [0.15, 0.2) is 17.3 Å². The molecule has 1 amide bonds. The number of aryl methyl sites for hydroxylation is 1. The minimum Gasteiger partial charge on any atom is -0.452 e. The van der Waals surface area contributed by atoms with Gasteiger partial charge in [0.25, 0.3) is 11.5 Å². The zero-order chi connectivity index (χ0) is 31.4. The predicted molar refractivity (Wildman–Crippen MR) is 158 cm³/mol. The van der Waals surface area contributed by atoms with Crippen LogP contribution < -0.4 is 26.6 Å². The summed E-state index contributed by atoms with van der Waals surface area (Å²) in [4.78, 5) is 43.6. The Labute approximate surface area is 248 Å². The summed E-state index contributed by atoms with van der Waals surface area (Å²) in [6.45, 7) is -0.686. The van der Waals surface area contributed by atoms with E-state index in [4.69, 9.17) is 10.1 Å². The number of aliphatic hydroxyl groups is 1. The van der Waals surface area contributed by atoms with E-state index in [1.165, 1.54) is 30.3 Å². The fraction of sp³-hybridized carbons (Fsp3) is 0.100. The van der Waals surface area contributed by atoms with Crippen LogP contribution in [0.25, 0.3) is 11.3 Å². The normalized spacial score (nSPS) is 13.6. The van der Waals surface area contributed by atoms with Crippen LogP contribution in [0.3, 0.4) is 0 Å². The third kappa shape index (κ3) is 6.15. The number of hydrogen-bond donors (Lipinski definition) is 4. The molecule has 0 saturated carbocycles. The molecule has 0 aliphatic carbocycles. The van der Waals surface area contributed by atoms with Crippen molar-refractivity contribution in [2.24, 2.45) is 7.05 Å². The van der Waals surface area contributed by atoms with Gasteiger partial charge in [0.2, 0.25) is 0 Å². The molecule has 4 N–H and O–H groups in total. The van der Waals surface area contributed by atoms with Gasteiger partial charge in [0.05, 0.1) is 36.6 Å². The summed E-state index contributed by atoms with van der Waals surface area (Å²) >= 11 is 0. The molecule has 5 rings (SSSR count). The first kappa shape index (κ1) is 29.6. The van der Waals surface area contributed by atoms with Crippen LogP contribution in [-0.2, 0) is 13.6 Å². The molecule has 12 nitrogen and oxygen atoms in total. The molecule has 1 aliphatic heterocycles. The molecule has 14 heteroatoms. The second kappa shape index (κ2) is 12.5. The van der Waals surface area contributed by atoms with Gasteiger partial charge >= 0.3 is 5.69 Å². The van der Waals surface area contributed by atoms with Crippen molar-refractivity contribution in [3.05, 3.63) is 135 Å². The van der Waals surface area contributed by atoms with Crippen LogP contribution in [-0.4, -0.2) is 42.5 Å². The van der Waals surface area contributed by atoms with Crippen LogP contribution in [0.4, 0.5) is 14.5 Å². The maximum absolute atomic E-state index is 15.2. The highest BCUT2D eigenvalue weighted by atomic mass is 19.1. The molecular formula is C30H25F2N7O5. The van der Waals surface area contributed by atoms with Gasteiger partial charge in [-0.3, -0.25) is 14.2 Å². The molecule has 0 fully saturated rings. The first-order chi connectivity index (χ1) is 21.2. The van der Waals surface area contributed by atoms with E-state index in [2.05, 4.69) is 15.6 Å². The van der Waals surface area contributed by atoms with Gasteiger partial charge in [-0.1, -0.05) is 0 Å². The average molecular weight is 602 g/mol. The minimum atomic E-state index is -0.993. The summed E-state index contributed by atoms with van der Waals surface area (Å²) in [6, 6.07) is 8.12. The Morgan fingerprint density at radius 2 is 1.93 bits per heavy atom. The summed E-state index contributed by atoms with van der Waals surface area (Å²) in [5.41, 5.74) is -0.634. The molecule has 0 radical (unpaired) electrons. The van der Waals surface area contributed by atoms with Crippen molar-refractivity contribution in [1.29, 1.82) is 5.41 Å². The number of nitrogens with zero attached hydrogens (tertiary/aromatic N) is 4. The number of anilines is 1. The first-order valence-corrected chi connectivity index (χ1v) is 13.1. The lowest BCUT2D eigenvalue weighted by atomic mass is 10.1. The van der Waals surface area contributed by atoms with Crippen LogP contribution in [0.15, 0.2) is 101 Å². The number of aromatic nitrogens is 4. The number of ether oxygens (including phenoxy) is 1. The number of aliphatic hydroxyl groups excluding tert-OH is 1. The van der Waals surface area contributed by atoms with Crippen LogP contribution in [0.1, 0.15) is 16.1 Å². The van der Waals surface area contributed by atoms with Gasteiger partial charge in [-0.25, -0.2) is 23.1 Å². The van der Waals surface area contributed by atoms with E-state index < -0.39 is 41.0 Å². The van der Waals surface area contributed by atoms with Gasteiger partial charge in [0, 0.05) is 49.2 Å². The highest BCUT2D eigenvalue weighted by Crippen LogP contribution is 2.28. The second-order valence-corrected chi connectivity index (χ2v) is 9.48. The lowest BCUT2D eigenvalue weighted by Gasteiger charge is -2.19. The Bertz CT molecular complexity index is 1970. The fourth-order valence-electron chi connectivity index (χ4n) is 4.32. The van der Waals surface area contributed by atoms with Crippen LogP contribution >= 0.6 is 0 Å². The summed E-state index contributed by atoms with van der Waals surface area (Å²) in [6.07, 6.45) is 10.2. The Morgan fingerprint density at radius 1 is 1.16 bits per heavy atom. The Hall–Kier alpha value is -5.89. The van der Waals surface area contributed by atoms with E-state index in [0.717, 1.165) is 35.2 Å². The molecule has 44 heavy (non-hydrogen) atoms. The number of carbonyl (C=O) groups excluding carboxylic acids is 1. The number of rotatable bonds is 9. The van der Waals surface area contributed by atoms with E-state index in [9.17, 15) is 23.9 Å². The quantitative estimate of drug-likeness (QED) is 0.215. The summed E-state index contributed by atoms with van der Waals surface area (Å²) in [5.74, 6) is -2.37. The lowest BCUT2D eigenvalue weighted by molar-refractivity contribution is 0.102. The monoisotopic (exact) mass is 601 g/mol. The number of carbonyl (C=O) groups is 1. The minimum absolute atomic E-state index is 0.0132. The smallest absolute Gasteiger partial charge is 0.335 e. The van der Waals surface area contributed by atoms with E-state index in [1.54, 1.807) is 29.4 Å². The molecule has 0 atom stereocenters. The number of halogens is 2. The van der Waals surface area contributed by atoms with E-state index in [0.29, 0.717) is 21.5 Å². The highest BCUT2D eigenvalue weighted by molar-refractivity contribution is 6.03. The zero-order valence-electron chi connectivity index (χ0n) is 23.1. The van der Waals surface area contributed by atoms with Gasteiger partial charge in [0.1, 0.15) is 11.4 Å². The number of allylic oxidation sites excluding steroid dienone is 3. The van der Waals surface area contributed by atoms with E-state index in [1.807, 2.05) is 7.05 Å². The zero-order valence-corrected chi connectivity index (χ0v) is 23.1. The van der Waals surface area contributed by atoms with E-state index >= 15 is 4.39 Å². The standard InChI is InChI=1S/C30H25F2N7O5/c1-37-16-25(35-17-37)18-12-27(24(8-9-33)34-14-18)44-26-7-4-20(13-23(26)32)36-28(41)22-15-38(10-11-40)30(43)39(29(22)42)21-5-2-19(31)3-6-21/h2-9,12-17,33-34,40H,10-11H2,1H3,(H,36,41)/b24-8-,33-9?. The fourth-order valence-corrected chi connectivity index (χ4v) is 4.32. The number of nitrogens with one attached hydrogen (secondary N) is 3. The molecule has 2 aromatic carbocycles. The second-order valence-electron chi connectivity index (χ2n) is 9.48. The molecule has 0 saturated heterocycles. The largest absolute Gasteiger partial charge is 0.452 e. The van der Waals surface area contributed by atoms with E-state index in [-0.39, 0.29) is 29.4 Å². The van der Waals surface area contributed by atoms with Crippen molar-refractivity contribution >= 4 is 23.4 Å². The van der Waals surface area contributed by atoms with Crippen molar-refractivity contribution in [2.75, 3.05) is 11.9 Å². The van der Waals surface area contributed by atoms with Gasteiger partial charge in [-0.2, -0.15) is 0 Å². The molecule has 1 aliphatic rings. The van der Waals surface area contributed by atoms with Crippen molar-refractivity contribution < 1.29 is 23.4 Å². The first-order valence-electron chi connectivity index (χ1n) is 13.1. The predicted octanol–water partition coefficient (Wildman–Crippen LogP) is 2.70. The molecular weight excluding hydrogens is 576 g/mol. The van der Waals surface area contributed by atoms with Crippen molar-refractivity contribution in [3.63, 3.8) is 0 Å². The summed E-state index contributed by atoms with van der Waals surface area (Å²) in [7, 11) is 1.82. The van der Waals surface area contributed by atoms with Crippen LogP contribution in [0.2, 0.25) is 0 Å². The van der Waals surface area contributed by atoms with Gasteiger partial charge in [-0.15, -0.1) is 0 Å². The number of amides is 1. The third-order valence-electron chi connectivity index (χ3n) is 6.42. The Kier molecular flexibility index (Phi) is 8.44. The maximum Gasteiger partial charge on any atom is 0.335 e. The van der Waals surface area contributed by atoms with Crippen molar-refractivity contribution in [3.8, 4) is 11.4 Å². The van der Waals surface area contributed by atoms with Gasteiger partial charge < -0.3 is 30.5 Å². The number of benzene rings is 2. The summed E-state index contributed by atoms with van der Waals surface area (Å²) < 4.78 is 37.9. The average Bonchev–Trinajstić information content (AvgIpc) is 3.44. The van der Waals surface area contributed by atoms with Crippen LogP contribution in [0.5, 0.6) is 5.75 Å². The highest BCUT2D eigenvalue weighted by Gasteiger charge is 2.21. The lowest BCUT2D eigenvalue weighted by Crippen LogP contribution is -2.42. The Morgan fingerprint density at radius 3 is 2.59 bits per heavy atom. The Balaban J connectivity index is 1.42. The molecule has 0 unspecified atom stereocenters. The number of dihydropyridines is 1. The van der Waals surface area contributed by atoms with Crippen molar-refractivity contribution in [1.82, 2.24) is 24.0 Å². The molecule has 4 aromatic rings. The number of imidazole rings is 1. The molecule has 0 spiro atoms. The topological polar surface area (TPSA) is 156 Å². The molecule has 224 valence electrons. The van der Waals surface area contributed by atoms with Crippen molar-refractivity contribution in [2.45, 2.75) is 6.54 Å². The molecule has 2 aromatic heterocycles. The van der Waals surface area contributed by atoms with Gasteiger partial charge in [-0.05, 0) is 48.6 Å². The third-order valence-corrected chi connectivity index (χ3v) is 6.42. The number of hydrogen-bond acceptors (Lipinski definition) is 8. The molecule has 3 heterocycles. The van der Waals surface area contributed by atoms with Crippen LogP contribution in [0, 0.1) is 17.0 Å². The SMILES string of the molecule is Cn1cnc(C2=CN/C(=C\C=N)C(Oc3ccc(NC(=O)c4cn(CCO)c(=O)n(-c5ccc(F)cc5)c4=O)cc3F)=C2)c1.